The summed E-state index contributed by atoms with van der Waals surface area (Å²) < 4.78 is 5.88. The van der Waals surface area contributed by atoms with E-state index in [0.717, 1.165) is 27.9 Å². The first-order valence-corrected chi connectivity index (χ1v) is 11.5. The number of nitrogens with one attached hydrogen (secondary N) is 1. The van der Waals surface area contributed by atoms with E-state index >= 15 is 0 Å². The largest absolute Gasteiger partial charge is 0.481 e. The molecule has 4 rings (SSSR count). The number of oxazole rings is 1. The van der Waals surface area contributed by atoms with Crippen LogP contribution >= 0.6 is 0 Å². The summed E-state index contributed by atoms with van der Waals surface area (Å²) in [5, 5.41) is 12.3. The van der Waals surface area contributed by atoms with Crippen molar-refractivity contribution in [1.29, 1.82) is 0 Å². The molecule has 0 spiro atoms. The van der Waals surface area contributed by atoms with E-state index in [9.17, 15) is 9.59 Å². The third-order valence-corrected chi connectivity index (χ3v) is 5.80. The molecule has 1 heterocycles. The van der Waals surface area contributed by atoms with Crippen molar-refractivity contribution in [1.82, 2.24) is 4.98 Å². The standard InChI is InChI=1S/C28H28N2O4/c1-18(2)27(29-22-16-14-19(15-17-22)24(31)7-5-9-26(32)33)20-10-12-21(13-11-20)28-30-23-6-3-4-8-25(23)34-28/h3-4,6,8,10-18,27,29H,5,7,9H2,1-2H3,(H,32,33)/t27-/m1/s1. The number of ketones is 1. The smallest absolute Gasteiger partial charge is 0.303 e. The van der Waals surface area contributed by atoms with Crippen molar-refractivity contribution in [3.8, 4) is 11.5 Å². The van der Waals surface area contributed by atoms with Gasteiger partial charge in [-0.2, -0.15) is 0 Å². The number of aliphatic carboxylic acids is 1. The van der Waals surface area contributed by atoms with E-state index in [-0.39, 0.29) is 24.7 Å². The fraction of sp³-hybridized carbons (Fsp3) is 0.250. The number of benzene rings is 3. The molecular weight excluding hydrogens is 428 g/mol. The monoisotopic (exact) mass is 456 g/mol. The molecular formula is C28H28N2O4. The highest BCUT2D eigenvalue weighted by Gasteiger charge is 2.17. The number of carboxylic acid groups (broad SMARTS) is 1. The van der Waals surface area contributed by atoms with Gasteiger partial charge in [-0.1, -0.05) is 38.1 Å². The Kier molecular flexibility index (Phi) is 7.07. The van der Waals surface area contributed by atoms with Crippen molar-refractivity contribution < 1.29 is 19.1 Å². The van der Waals surface area contributed by atoms with Crippen LogP contribution in [0.4, 0.5) is 5.69 Å². The maximum Gasteiger partial charge on any atom is 0.303 e. The number of aromatic nitrogens is 1. The van der Waals surface area contributed by atoms with Crippen LogP contribution in [0.15, 0.2) is 77.2 Å². The first kappa shape index (κ1) is 23.2. The summed E-state index contributed by atoms with van der Waals surface area (Å²) in [4.78, 5) is 27.5. The van der Waals surface area contributed by atoms with E-state index < -0.39 is 5.97 Å². The molecule has 0 aliphatic rings. The summed E-state index contributed by atoms with van der Waals surface area (Å²) in [5.41, 5.74) is 5.19. The number of para-hydroxylation sites is 2. The Morgan fingerprint density at radius 1 is 0.941 bits per heavy atom. The minimum Gasteiger partial charge on any atom is -0.481 e. The quantitative estimate of drug-likeness (QED) is 0.257. The van der Waals surface area contributed by atoms with Gasteiger partial charge in [-0.3, -0.25) is 9.59 Å². The van der Waals surface area contributed by atoms with Gasteiger partial charge in [0.05, 0.1) is 6.04 Å². The molecule has 174 valence electrons. The molecule has 0 amide bonds. The lowest BCUT2D eigenvalue weighted by molar-refractivity contribution is -0.137. The van der Waals surface area contributed by atoms with Gasteiger partial charge < -0.3 is 14.8 Å². The highest BCUT2D eigenvalue weighted by molar-refractivity contribution is 5.96. The molecule has 0 bridgehead atoms. The van der Waals surface area contributed by atoms with Crippen LogP contribution in [-0.4, -0.2) is 21.8 Å². The third-order valence-electron chi connectivity index (χ3n) is 5.80. The molecule has 0 aliphatic carbocycles. The number of hydrogen-bond acceptors (Lipinski definition) is 5. The van der Waals surface area contributed by atoms with Crippen molar-refractivity contribution in [2.24, 2.45) is 5.92 Å². The van der Waals surface area contributed by atoms with Crippen molar-refractivity contribution in [3.63, 3.8) is 0 Å². The molecule has 6 nitrogen and oxygen atoms in total. The van der Waals surface area contributed by atoms with Gasteiger partial charge in [0.2, 0.25) is 5.89 Å². The van der Waals surface area contributed by atoms with E-state index in [1.807, 2.05) is 48.5 Å². The first-order valence-electron chi connectivity index (χ1n) is 11.5. The van der Waals surface area contributed by atoms with Crippen LogP contribution in [-0.2, 0) is 4.79 Å². The molecule has 0 unspecified atom stereocenters. The summed E-state index contributed by atoms with van der Waals surface area (Å²) in [7, 11) is 0. The molecule has 1 aromatic heterocycles. The summed E-state index contributed by atoms with van der Waals surface area (Å²) in [6.45, 7) is 4.32. The summed E-state index contributed by atoms with van der Waals surface area (Å²) in [5.74, 6) is 0.00914. The number of anilines is 1. The summed E-state index contributed by atoms with van der Waals surface area (Å²) in [6.07, 6.45) is 0.593. The number of Topliss-reactive ketones (excluding diaryl/α,β-unsaturated/α-hetero) is 1. The van der Waals surface area contributed by atoms with Crippen LogP contribution in [0.25, 0.3) is 22.6 Å². The molecule has 4 aromatic rings. The van der Waals surface area contributed by atoms with Crippen molar-refractivity contribution in [2.75, 3.05) is 5.32 Å². The van der Waals surface area contributed by atoms with Gasteiger partial charge in [0.1, 0.15) is 5.52 Å². The van der Waals surface area contributed by atoms with E-state index in [2.05, 4.69) is 36.3 Å². The second-order valence-corrected chi connectivity index (χ2v) is 8.72. The van der Waals surface area contributed by atoms with Crippen molar-refractivity contribution >= 4 is 28.5 Å². The van der Waals surface area contributed by atoms with Crippen molar-refractivity contribution in [3.05, 3.63) is 83.9 Å². The van der Waals surface area contributed by atoms with Crippen LogP contribution in [0, 0.1) is 5.92 Å². The second kappa shape index (κ2) is 10.3. The van der Waals surface area contributed by atoms with Crippen LogP contribution in [0.3, 0.4) is 0 Å². The normalized spacial score (nSPS) is 12.1. The topological polar surface area (TPSA) is 92.4 Å². The molecule has 0 aliphatic heterocycles. The molecule has 3 aromatic carbocycles. The maximum atomic E-state index is 12.3. The molecule has 6 heteroatoms. The van der Waals surface area contributed by atoms with Gasteiger partial charge >= 0.3 is 5.97 Å². The maximum absolute atomic E-state index is 12.3. The molecule has 0 fully saturated rings. The number of rotatable bonds is 10. The molecule has 0 radical (unpaired) electrons. The Balaban J connectivity index is 1.45. The lowest BCUT2D eigenvalue weighted by Gasteiger charge is -2.24. The summed E-state index contributed by atoms with van der Waals surface area (Å²) in [6, 6.07) is 23.4. The fourth-order valence-corrected chi connectivity index (χ4v) is 3.94. The zero-order valence-electron chi connectivity index (χ0n) is 19.3. The summed E-state index contributed by atoms with van der Waals surface area (Å²) >= 11 is 0. The highest BCUT2D eigenvalue weighted by Crippen LogP contribution is 2.30. The molecule has 34 heavy (non-hydrogen) atoms. The fourth-order valence-electron chi connectivity index (χ4n) is 3.94. The van der Waals surface area contributed by atoms with Gasteiger partial charge in [-0.25, -0.2) is 4.98 Å². The van der Waals surface area contributed by atoms with E-state index in [1.54, 1.807) is 12.1 Å². The average Bonchev–Trinajstić information content (AvgIpc) is 3.27. The van der Waals surface area contributed by atoms with Gasteiger partial charge in [0.15, 0.2) is 11.4 Å². The molecule has 0 saturated heterocycles. The number of fused-ring (bicyclic) bond motifs is 1. The minimum atomic E-state index is -0.881. The molecule has 1 atom stereocenters. The van der Waals surface area contributed by atoms with E-state index in [1.165, 1.54) is 0 Å². The number of hydrogen-bond donors (Lipinski definition) is 2. The minimum absolute atomic E-state index is 0.00659. The predicted molar refractivity (Wildman–Crippen MR) is 133 cm³/mol. The van der Waals surface area contributed by atoms with E-state index in [0.29, 0.717) is 23.8 Å². The van der Waals surface area contributed by atoms with Gasteiger partial charge in [-0.15, -0.1) is 0 Å². The molecule has 2 N–H and O–H groups in total. The Labute approximate surface area is 198 Å². The van der Waals surface area contributed by atoms with Crippen LogP contribution in [0.2, 0.25) is 0 Å². The number of carbonyl (C=O) groups is 2. The number of nitrogens with zero attached hydrogens (tertiary/aromatic N) is 1. The van der Waals surface area contributed by atoms with Crippen molar-refractivity contribution in [2.45, 2.75) is 39.2 Å². The van der Waals surface area contributed by atoms with Gasteiger partial charge in [0.25, 0.3) is 0 Å². The predicted octanol–water partition coefficient (Wildman–Crippen LogP) is 6.74. The Bertz CT molecular complexity index is 1240. The third kappa shape index (κ3) is 5.52. The first-order chi connectivity index (χ1) is 16.4. The van der Waals surface area contributed by atoms with E-state index in [4.69, 9.17) is 9.52 Å². The zero-order valence-corrected chi connectivity index (χ0v) is 19.3. The van der Waals surface area contributed by atoms with Crippen LogP contribution < -0.4 is 5.32 Å². The average molecular weight is 457 g/mol. The van der Waals surface area contributed by atoms with Gasteiger partial charge in [-0.05, 0) is 66.4 Å². The molecule has 0 saturated carbocycles. The Morgan fingerprint density at radius 3 is 2.29 bits per heavy atom. The Morgan fingerprint density at radius 2 is 1.65 bits per heavy atom. The van der Waals surface area contributed by atoms with Gasteiger partial charge in [0, 0.05) is 29.7 Å². The number of carbonyl (C=O) groups excluding carboxylic acids is 1. The lowest BCUT2D eigenvalue weighted by atomic mass is 9.94. The second-order valence-electron chi connectivity index (χ2n) is 8.72. The SMILES string of the molecule is CC(C)[C@@H](Nc1ccc(C(=O)CCCC(=O)O)cc1)c1ccc(-c2nc3ccccc3o2)cc1. The highest BCUT2D eigenvalue weighted by atomic mass is 16.4. The van der Waals surface area contributed by atoms with Crippen LogP contribution in [0.5, 0.6) is 0 Å². The lowest BCUT2D eigenvalue weighted by Crippen LogP contribution is -2.16. The Hall–Kier alpha value is -3.93. The van der Waals surface area contributed by atoms with Crippen LogP contribution in [0.1, 0.15) is 55.1 Å². The zero-order chi connectivity index (χ0) is 24.1. The number of carboxylic acids is 1.